The van der Waals surface area contributed by atoms with Crippen molar-refractivity contribution >= 4 is 24.7 Å². The van der Waals surface area contributed by atoms with Crippen LogP contribution in [0.5, 0.6) is 0 Å². The zero-order valence-electron chi connectivity index (χ0n) is 8.60. The Morgan fingerprint density at radius 3 is 2.25 bits per heavy atom. The third-order valence-corrected chi connectivity index (χ3v) is 5.64. The van der Waals surface area contributed by atoms with Gasteiger partial charge >= 0.3 is 0 Å². The molecular formula is C9H21BrOSi. The molecule has 12 heavy (non-hydrogen) atoms. The topological polar surface area (TPSA) is 20.2 Å². The summed E-state index contributed by atoms with van der Waals surface area (Å²) >= 11 is 3.49. The summed E-state index contributed by atoms with van der Waals surface area (Å²) in [7, 11) is -0.825. The van der Waals surface area contributed by atoms with Gasteiger partial charge in [-0.2, -0.15) is 0 Å². The Hall–Kier alpha value is 0.657. The minimum absolute atomic E-state index is 0.00308. The lowest BCUT2D eigenvalue weighted by atomic mass is 9.91. The van der Waals surface area contributed by atoms with E-state index in [2.05, 4.69) is 42.9 Å². The van der Waals surface area contributed by atoms with Gasteiger partial charge < -0.3 is 5.11 Å². The molecule has 0 aromatic carbocycles. The lowest BCUT2D eigenvalue weighted by molar-refractivity contribution is 0.211. The van der Waals surface area contributed by atoms with Gasteiger partial charge in [-0.1, -0.05) is 42.9 Å². The van der Waals surface area contributed by atoms with Crippen LogP contribution in [0.25, 0.3) is 0 Å². The molecule has 0 aliphatic carbocycles. The lowest BCUT2D eigenvalue weighted by Crippen LogP contribution is -2.26. The van der Waals surface area contributed by atoms with Gasteiger partial charge in [-0.25, -0.2) is 0 Å². The summed E-state index contributed by atoms with van der Waals surface area (Å²) in [5, 5.41) is 10.7. The predicted molar refractivity (Wildman–Crippen MR) is 61.7 cm³/mol. The van der Waals surface area contributed by atoms with Crippen LogP contribution in [0.3, 0.4) is 0 Å². The van der Waals surface area contributed by atoms with E-state index in [4.69, 9.17) is 0 Å². The zero-order valence-corrected chi connectivity index (χ0v) is 11.3. The molecule has 0 aromatic heterocycles. The average molecular weight is 253 g/mol. The molecule has 0 aliphatic rings. The fourth-order valence-corrected chi connectivity index (χ4v) is 2.05. The van der Waals surface area contributed by atoms with E-state index in [1.54, 1.807) is 0 Å². The van der Waals surface area contributed by atoms with Crippen LogP contribution in [0, 0.1) is 5.41 Å². The maximum atomic E-state index is 9.63. The Balaban J connectivity index is 3.67. The van der Waals surface area contributed by atoms with Gasteiger partial charge in [0.25, 0.3) is 0 Å². The molecule has 0 saturated carbocycles. The molecule has 0 heterocycles. The molecule has 0 radical (unpaired) electrons. The molecule has 0 bridgehead atoms. The molecule has 0 amide bonds. The van der Waals surface area contributed by atoms with Gasteiger partial charge in [0.05, 0.1) is 8.80 Å². The number of hydrogen-bond donors (Lipinski definition) is 1. The fourth-order valence-electron chi connectivity index (χ4n) is 0.939. The average Bonchev–Trinajstić information content (AvgIpc) is 2.00. The molecule has 1 unspecified atom stereocenters. The molecular weight excluding hydrogens is 232 g/mol. The van der Waals surface area contributed by atoms with E-state index in [0.717, 1.165) is 18.2 Å². The van der Waals surface area contributed by atoms with Crippen LogP contribution in [-0.2, 0) is 0 Å². The highest BCUT2D eigenvalue weighted by Crippen LogP contribution is 2.25. The van der Waals surface area contributed by atoms with Crippen molar-refractivity contribution < 1.29 is 5.11 Å². The normalized spacial score (nSPS) is 15.2. The zero-order chi connectivity index (χ0) is 9.78. The van der Waals surface area contributed by atoms with E-state index < -0.39 is 8.80 Å². The first-order chi connectivity index (χ1) is 5.39. The highest BCUT2D eigenvalue weighted by Gasteiger charge is 2.19. The number of alkyl halides is 1. The second-order valence-corrected chi connectivity index (χ2v) is 8.47. The van der Waals surface area contributed by atoms with Crippen molar-refractivity contribution in [2.24, 2.45) is 5.41 Å². The van der Waals surface area contributed by atoms with Crippen LogP contribution in [0.15, 0.2) is 0 Å². The van der Waals surface area contributed by atoms with Gasteiger partial charge in [0, 0.05) is 11.1 Å². The first-order valence-corrected chi connectivity index (χ1v) is 8.73. The van der Waals surface area contributed by atoms with Gasteiger partial charge in [0.2, 0.25) is 0 Å². The second-order valence-electron chi connectivity index (χ2n) is 4.65. The quantitative estimate of drug-likeness (QED) is 0.590. The van der Waals surface area contributed by atoms with Crippen LogP contribution >= 0.6 is 15.9 Å². The molecule has 0 fully saturated rings. The molecule has 1 atom stereocenters. The van der Waals surface area contributed by atoms with Gasteiger partial charge in [-0.05, 0) is 18.3 Å². The molecule has 3 heteroatoms. The summed E-state index contributed by atoms with van der Waals surface area (Å²) in [5.41, 5.74) is 0.341. The van der Waals surface area contributed by atoms with Crippen LogP contribution in [-0.4, -0.2) is 25.0 Å². The fraction of sp³-hybridized carbons (Fsp3) is 1.00. The number of aliphatic hydroxyl groups excluding tert-OH is 1. The summed E-state index contributed by atoms with van der Waals surface area (Å²) in [5.74, 6) is 0. The summed E-state index contributed by atoms with van der Waals surface area (Å²) in [4.78, 5) is 0. The molecule has 1 nitrogen and oxygen atoms in total. The Morgan fingerprint density at radius 2 is 1.92 bits per heavy atom. The van der Waals surface area contributed by atoms with E-state index in [-0.39, 0.29) is 5.73 Å². The van der Waals surface area contributed by atoms with E-state index >= 15 is 0 Å². The summed E-state index contributed by atoms with van der Waals surface area (Å²) < 4.78 is 0. The number of hydrogen-bond acceptors (Lipinski definition) is 1. The maximum absolute atomic E-state index is 9.63. The standard InChI is InChI=1S/C9H21BrOSi/c1-9(2,7-10)6-5-8(11)12(3)4/h8,11-12H,5-7H2,1-4H3. The van der Waals surface area contributed by atoms with Crippen molar-refractivity contribution in [2.45, 2.75) is 45.5 Å². The Morgan fingerprint density at radius 1 is 1.42 bits per heavy atom. The van der Waals surface area contributed by atoms with E-state index in [1.165, 1.54) is 0 Å². The first kappa shape index (κ1) is 12.7. The van der Waals surface area contributed by atoms with Gasteiger partial charge in [-0.3, -0.25) is 0 Å². The van der Waals surface area contributed by atoms with Crippen LogP contribution in [0.2, 0.25) is 13.1 Å². The molecule has 74 valence electrons. The highest BCUT2D eigenvalue weighted by molar-refractivity contribution is 9.09. The molecule has 0 rings (SSSR count). The third-order valence-electron chi connectivity index (χ3n) is 2.25. The van der Waals surface area contributed by atoms with Crippen molar-refractivity contribution in [3.8, 4) is 0 Å². The minimum atomic E-state index is -0.825. The van der Waals surface area contributed by atoms with Crippen LogP contribution in [0.4, 0.5) is 0 Å². The van der Waals surface area contributed by atoms with Gasteiger partial charge in [0.1, 0.15) is 0 Å². The highest BCUT2D eigenvalue weighted by atomic mass is 79.9. The Bertz CT molecular complexity index is 126. The van der Waals surface area contributed by atoms with Crippen LogP contribution in [0.1, 0.15) is 26.7 Å². The first-order valence-electron chi connectivity index (χ1n) is 4.63. The minimum Gasteiger partial charge on any atom is -0.397 e. The molecule has 0 spiro atoms. The van der Waals surface area contributed by atoms with Crippen molar-refractivity contribution in [1.82, 2.24) is 0 Å². The predicted octanol–water partition coefficient (Wildman–Crippen LogP) is 2.57. The third kappa shape index (κ3) is 5.33. The van der Waals surface area contributed by atoms with Crippen molar-refractivity contribution in [3.05, 3.63) is 0 Å². The van der Waals surface area contributed by atoms with E-state index in [0.29, 0.717) is 5.41 Å². The van der Waals surface area contributed by atoms with Gasteiger partial charge in [0.15, 0.2) is 0 Å². The van der Waals surface area contributed by atoms with Crippen molar-refractivity contribution in [2.75, 3.05) is 5.33 Å². The summed E-state index contributed by atoms with van der Waals surface area (Å²) in [6, 6.07) is 0. The number of aliphatic hydroxyl groups is 1. The summed E-state index contributed by atoms with van der Waals surface area (Å²) in [6.45, 7) is 8.87. The second kappa shape index (κ2) is 5.40. The van der Waals surface area contributed by atoms with Crippen molar-refractivity contribution in [1.29, 1.82) is 0 Å². The summed E-state index contributed by atoms with van der Waals surface area (Å²) in [6.07, 6.45) is 2.09. The number of halogens is 1. The monoisotopic (exact) mass is 252 g/mol. The maximum Gasteiger partial charge on any atom is 0.0652 e. The molecule has 0 saturated heterocycles. The largest absolute Gasteiger partial charge is 0.397 e. The van der Waals surface area contributed by atoms with E-state index in [9.17, 15) is 5.11 Å². The van der Waals surface area contributed by atoms with E-state index in [1.807, 2.05) is 0 Å². The molecule has 1 N–H and O–H groups in total. The van der Waals surface area contributed by atoms with Crippen molar-refractivity contribution in [3.63, 3.8) is 0 Å². The van der Waals surface area contributed by atoms with Crippen LogP contribution < -0.4 is 0 Å². The smallest absolute Gasteiger partial charge is 0.0652 e. The molecule has 0 aliphatic heterocycles. The van der Waals surface area contributed by atoms with Gasteiger partial charge in [-0.15, -0.1) is 0 Å². The SMILES string of the molecule is C[SiH](C)C(O)CCC(C)(C)CBr. The Labute approximate surface area is 86.3 Å². The number of rotatable bonds is 5. The lowest BCUT2D eigenvalue weighted by Gasteiger charge is -2.24. The Kier molecular flexibility index (Phi) is 5.70. The molecule has 0 aromatic rings.